The maximum absolute atomic E-state index is 10.0. The Morgan fingerprint density at radius 3 is 1.81 bits per heavy atom. The van der Waals surface area contributed by atoms with Crippen LogP contribution in [0.15, 0.2) is 0 Å². The maximum atomic E-state index is 10.0. The summed E-state index contributed by atoms with van der Waals surface area (Å²) in [5, 5.41) is 57.5. The molecular weight excluding hydrogens is 451 g/mol. The SMILES string of the molecule is CC12CNCC(N(O)O)CN(CNC1)CC1(C)CNCC(N(O)O)(CNC2)CNC1.[Co]. The van der Waals surface area contributed by atoms with E-state index in [4.69, 9.17) is 0 Å². The number of rotatable bonds is 2. The van der Waals surface area contributed by atoms with E-state index < -0.39 is 11.6 Å². The van der Waals surface area contributed by atoms with Crippen LogP contribution < -0.4 is 26.6 Å². The van der Waals surface area contributed by atoms with Gasteiger partial charge in [-0.05, 0) is 0 Å². The molecule has 0 aromatic rings. The van der Waals surface area contributed by atoms with Crippen molar-refractivity contribution in [2.75, 3.05) is 78.7 Å². The maximum Gasteiger partial charge on any atom is 0.110 e. The van der Waals surface area contributed by atoms with E-state index in [1.807, 2.05) is 0 Å². The van der Waals surface area contributed by atoms with Crippen molar-refractivity contribution in [1.82, 2.24) is 41.9 Å². The Kier molecular flexibility index (Phi) is 10.1. The van der Waals surface area contributed by atoms with Gasteiger partial charge in [-0.15, -0.1) is 0 Å². The molecule has 9 N–H and O–H groups in total. The molecule has 31 heavy (non-hydrogen) atoms. The summed E-state index contributed by atoms with van der Waals surface area (Å²) in [5.74, 6) is 0. The van der Waals surface area contributed by atoms with E-state index in [1.54, 1.807) is 0 Å². The number of hydroxylamine groups is 4. The van der Waals surface area contributed by atoms with Gasteiger partial charge in [-0.3, -0.25) is 25.7 Å². The van der Waals surface area contributed by atoms with Gasteiger partial charge >= 0.3 is 0 Å². The quantitative estimate of drug-likeness (QED) is 0.188. The van der Waals surface area contributed by atoms with E-state index in [1.165, 1.54) is 0 Å². The van der Waals surface area contributed by atoms with E-state index in [0.29, 0.717) is 76.0 Å². The number of hydrogen-bond acceptors (Lipinski definition) is 12. The Morgan fingerprint density at radius 1 is 0.742 bits per heavy atom. The van der Waals surface area contributed by atoms with Crippen molar-refractivity contribution >= 4 is 0 Å². The van der Waals surface area contributed by atoms with Gasteiger partial charge in [0.1, 0.15) is 5.54 Å². The second-order valence-electron chi connectivity index (χ2n) is 10.1. The van der Waals surface area contributed by atoms with Crippen LogP contribution in [0.25, 0.3) is 0 Å². The summed E-state index contributed by atoms with van der Waals surface area (Å²) >= 11 is 0. The van der Waals surface area contributed by atoms with Gasteiger partial charge in [-0.1, -0.05) is 24.3 Å². The minimum absolute atomic E-state index is 0. The van der Waals surface area contributed by atoms with E-state index in [9.17, 15) is 20.8 Å². The average Bonchev–Trinajstić information content (AvgIpc) is 2.64. The molecule has 13 heteroatoms. The summed E-state index contributed by atoms with van der Waals surface area (Å²) < 4.78 is 0. The van der Waals surface area contributed by atoms with Gasteiger partial charge in [-0.25, -0.2) is 0 Å². The van der Waals surface area contributed by atoms with Crippen molar-refractivity contribution in [3.8, 4) is 0 Å². The molecule has 4 aliphatic rings. The van der Waals surface area contributed by atoms with Crippen molar-refractivity contribution in [2.45, 2.75) is 25.4 Å². The van der Waals surface area contributed by atoms with E-state index in [2.05, 4.69) is 45.3 Å². The summed E-state index contributed by atoms with van der Waals surface area (Å²) in [4.78, 5) is 2.22. The van der Waals surface area contributed by atoms with Crippen molar-refractivity contribution in [1.29, 1.82) is 0 Å². The molecule has 185 valence electrons. The molecule has 0 spiro atoms. The molecule has 0 aliphatic carbocycles. The van der Waals surface area contributed by atoms with Crippen LogP contribution >= 0.6 is 0 Å². The van der Waals surface area contributed by atoms with Crippen LogP contribution in [0.1, 0.15) is 13.8 Å². The molecular formula is C18H40CoN8O4. The molecule has 4 rings (SSSR count). The van der Waals surface area contributed by atoms with Gasteiger partial charge in [0.2, 0.25) is 0 Å². The van der Waals surface area contributed by atoms with Crippen molar-refractivity contribution < 1.29 is 37.6 Å². The fourth-order valence-corrected chi connectivity index (χ4v) is 4.85. The van der Waals surface area contributed by atoms with Gasteiger partial charge in [0, 0.05) is 106 Å². The molecule has 4 aliphatic heterocycles. The predicted octanol–water partition coefficient (Wildman–Crippen LogP) is -2.49. The van der Waals surface area contributed by atoms with Crippen LogP contribution in [-0.4, -0.2) is 126 Å². The predicted molar refractivity (Wildman–Crippen MR) is 109 cm³/mol. The Bertz CT molecular complexity index is 551. The summed E-state index contributed by atoms with van der Waals surface area (Å²) in [6.07, 6.45) is 0. The molecule has 0 aromatic carbocycles. The molecule has 3 unspecified atom stereocenters. The monoisotopic (exact) mass is 491 g/mol. The summed E-state index contributed by atoms with van der Waals surface area (Å²) in [6, 6.07) is -0.446. The van der Waals surface area contributed by atoms with Crippen LogP contribution in [0.2, 0.25) is 0 Å². The zero-order chi connectivity index (χ0) is 21.8. The Balaban J connectivity index is 0.00000341. The number of fused-ring (bicyclic) bond motifs is 6. The van der Waals surface area contributed by atoms with E-state index in [0.717, 1.165) is 13.1 Å². The van der Waals surface area contributed by atoms with Crippen LogP contribution in [0.5, 0.6) is 0 Å². The topological polar surface area (TPSA) is 151 Å². The molecule has 4 heterocycles. The fraction of sp³-hybridized carbons (Fsp3) is 1.00. The standard InChI is InChI=1S/C18H40N8O4.Co/c1-16-5-19-3-15(25(27)28)4-24(14-23-7-16)13-17(2)8-21-11-18(26(29)30,10-20-6-16)12-22-9-17;/h15,19-23,27-30H,3-14H2,1-2H3;. The molecule has 0 amide bonds. The van der Waals surface area contributed by atoms with Gasteiger partial charge in [0.05, 0.1) is 6.04 Å². The first kappa shape index (κ1) is 27.3. The minimum atomic E-state index is -0.872. The van der Waals surface area contributed by atoms with Crippen molar-refractivity contribution in [2.24, 2.45) is 10.8 Å². The molecule has 12 nitrogen and oxygen atoms in total. The first-order valence-electron chi connectivity index (χ1n) is 10.8. The second kappa shape index (κ2) is 11.4. The third-order valence-corrected chi connectivity index (χ3v) is 6.66. The summed E-state index contributed by atoms with van der Waals surface area (Å²) in [5.41, 5.74) is -1.14. The fourth-order valence-electron chi connectivity index (χ4n) is 4.85. The van der Waals surface area contributed by atoms with Crippen LogP contribution in [-0.2, 0) is 16.8 Å². The van der Waals surface area contributed by atoms with Gasteiger partial charge < -0.3 is 26.6 Å². The first-order valence-corrected chi connectivity index (χ1v) is 10.8. The third-order valence-electron chi connectivity index (χ3n) is 6.66. The number of nitrogens with one attached hydrogen (secondary N) is 5. The van der Waals surface area contributed by atoms with E-state index in [-0.39, 0.29) is 27.6 Å². The molecule has 1 radical (unpaired) electrons. The van der Waals surface area contributed by atoms with E-state index >= 15 is 0 Å². The molecule has 4 bridgehead atoms. The van der Waals surface area contributed by atoms with Crippen molar-refractivity contribution in [3.05, 3.63) is 0 Å². The zero-order valence-corrected chi connectivity index (χ0v) is 19.6. The summed E-state index contributed by atoms with van der Waals surface area (Å²) in [7, 11) is 0. The van der Waals surface area contributed by atoms with Gasteiger partial charge in [0.15, 0.2) is 0 Å². The summed E-state index contributed by atoms with van der Waals surface area (Å²) in [6.45, 7) is 11.4. The van der Waals surface area contributed by atoms with Gasteiger partial charge in [-0.2, -0.15) is 0 Å². The largest absolute Gasteiger partial charge is 0.314 e. The second-order valence-corrected chi connectivity index (χ2v) is 10.1. The van der Waals surface area contributed by atoms with Crippen molar-refractivity contribution in [3.63, 3.8) is 0 Å². The molecule has 4 saturated heterocycles. The van der Waals surface area contributed by atoms with Crippen LogP contribution in [0, 0.1) is 10.8 Å². The molecule has 0 aromatic heterocycles. The van der Waals surface area contributed by atoms with Crippen LogP contribution in [0.4, 0.5) is 0 Å². The Hall–Kier alpha value is 0.0265. The third kappa shape index (κ3) is 7.25. The molecule has 0 saturated carbocycles. The number of nitrogens with zero attached hydrogens (tertiary/aromatic N) is 3. The Morgan fingerprint density at radius 2 is 1.26 bits per heavy atom. The zero-order valence-electron chi connectivity index (χ0n) is 18.5. The Labute approximate surface area is 194 Å². The minimum Gasteiger partial charge on any atom is -0.314 e. The smallest absolute Gasteiger partial charge is 0.110 e. The molecule has 4 fully saturated rings. The normalized spacial score (nSPS) is 41.0. The number of hydrogen-bond donors (Lipinski definition) is 9. The molecule has 3 atom stereocenters. The average molecular weight is 492 g/mol. The van der Waals surface area contributed by atoms with Gasteiger partial charge in [0.25, 0.3) is 0 Å². The first-order chi connectivity index (χ1) is 14.2. The van der Waals surface area contributed by atoms with Crippen LogP contribution in [0.3, 0.4) is 0 Å².